The van der Waals surface area contributed by atoms with Crippen molar-refractivity contribution >= 4 is 0 Å². The van der Waals surface area contributed by atoms with Gasteiger partial charge in [-0.2, -0.15) is 5.26 Å². The summed E-state index contributed by atoms with van der Waals surface area (Å²) < 4.78 is 27.2. The first-order chi connectivity index (χ1) is 7.83. The summed E-state index contributed by atoms with van der Waals surface area (Å²) in [6, 6.07) is 8.22. The van der Waals surface area contributed by atoms with Gasteiger partial charge < -0.3 is 0 Å². The van der Waals surface area contributed by atoms with Crippen LogP contribution in [0.2, 0.25) is 0 Å². The highest BCUT2D eigenvalue weighted by molar-refractivity contribution is 5.34. The predicted octanol–water partition coefficient (Wildman–Crippen LogP) is 4.38. The van der Waals surface area contributed by atoms with Crippen LogP contribution in [0.25, 0.3) is 0 Å². The highest BCUT2D eigenvalue weighted by Gasteiger charge is 2.30. The average molecular weight is 237 g/mol. The molecule has 0 fully saturated rings. The van der Waals surface area contributed by atoms with Gasteiger partial charge in [0.1, 0.15) is 0 Å². The van der Waals surface area contributed by atoms with Crippen molar-refractivity contribution in [3.8, 4) is 6.07 Å². The Labute approximate surface area is 101 Å². The van der Waals surface area contributed by atoms with E-state index in [0.717, 1.165) is 5.56 Å². The SMILES string of the molecule is CCCC(F)(F)c1ccc(C(C)(C)C#N)cc1. The minimum absolute atomic E-state index is 0.0249. The van der Waals surface area contributed by atoms with Crippen LogP contribution in [0.1, 0.15) is 44.7 Å². The lowest BCUT2D eigenvalue weighted by Gasteiger charge is -2.19. The lowest BCUT2D eigenvalue weighted by atomic mass is 9.85. The van der Waals surface area contributed by atoms with E-state index in [1.807, 2.05) is 0 Å². The number of rotatable bonds is 4. The van der Waals surface area contributed by atoms with Crippen molar-refractivity contribution < 1.29 is 8.78 Å². The molecular weight excluding hydrogens is 220 g/mol. The summed E-state index contributed by atoms with van der Waals surface area (Å²) in [6.07, 6.45) is 0.298. The molecule has 17 heavy (non-hydrogen) atoms. The van der Waals surface area contributed by atoms with Gasteiger partial charge in [-0.1, -0.05) is 37.6 Å². The van der Waals surface area contributed by atoms with E-state index in [1.165, 1.54) is 12.1 Å². The molecule has 0 aliphatic rings. The minimum Gasteiger partial charge on any atom is -0.201 e. The molecule has 0 atom stereocenters. The van der Waals surface area contributed by atoms with E-state index < -0.39 is 11.3 Å². The Morgan fingerprint density at radius 2 is 1.59 bits per heavy atom. The third-order valence-electron chi connectivity index (χ3n) is 2.87. The smallest absolute Gasteiger partial charge is 0.201 e. The van der Waals surface area contributed by atoms with Gasteiger partial charge in [0, 0.05) is 12.0 Å². The van der Waals surface area contributed by atoms with Gasteiger partial charge in [0.25, 0.3) is 5.92 Å². The fourth-order valence-electron chi connectivity index (χ4n) is 1.65. The van der Waals surface area contributed by atoms with Crippen LogP contribution in [-0.2, 0) is 11.3 Å². The third-order valence-corrected chi connectivity index (χ3v) is 2.87. The first-order valence-corrected chi connectivity index (χ1v) is 5.73. The zero-order valence-corrected chi connectivity index (χ0v) is 10.4. The Kier molecular flexibility index (Phi) is 3.87. The van der Waals surface area contributed by atoms with E-state index in [0.29, 0.717) is 6.42 Å². The van der Waals surface area contributed by atoms with Gasteiger partial charge >= 0.3 is 0 Å². The molecule has 0 spiro atoms. The molecule has 0 radical (unpaired) electrons. The standard InChI is InChI=1S/C14H17F2N/c1-4-9-14(15,16)12-7-5-11(6-8-12)13(2,3)10-17/h5-8H,4,9H2,1-3H3. The number of benzene rings is 1. The number of nitriles is 1. The lowest BCUT2D eigenvalue weighted by molar-refractivity contribution is -0.0140. The van der Waals surface area contributed by atoms with Crippen molar-refractivity contribution in [3.63, 3.8) is 0 Å². The van der Waals surface area contributed by atoms with E-state index in [4.69, 9.17) is 5.26 Å². The maximum atomic E-state index is 13.6. The number of hydrogen-bond acceptors (Lipinski definition) is 1. The van der Waals surface area contributed by atoms with Crippen LogP contribution in [0.5, 0.6) is 0 Å². The molecule has 0 aliphatic heterocycles. The molecular formula is C14H17F2N. The molecule has 0 N–H and O–H groups in total. The summed E-state index contributed by atoms with van der Waals surface area (Å²) in [5, 5.41) is 8.96. The zero-order valence-electron chi connectivity index (χ0n) is 10.4. The topological polar surface area (TPSA) is 23.8 Å². The van der Waals surface area contributed by atoms with Crippen LogP contribution in [0.4, 0.5) is 8.78 Å². The molecule has 1 aromatic carbocycles. The van der Waals surface area contributed by atoms with Gasteiger partial charge in [-0.25, -0.2) is 8.78 Å². The minimum atomic E-state index is -2.77. The van der Waals surface area contributed by atoms with Crippen molar-refractivity contribution in [1.29, 1.82) is 5.26 Å². The summed E-state index contributed by atoms with van der Waals surface area (Å²) in [5.74, 6) is -2.77. The highest BCUT2D eigenvalue weighted by Crippen LogP contribution is 2.34. The van der Waals surface area contributed by atoms with Gasteiger partial charge in [0.05, 0.1) is 11.5 Å². The highest BCUT2D eigenvalue weighted by atomic mass is 19.3. The molecule has 1 nitrogen and oxygen atoms in total. The van der Waals surface area contributed by atoms with Crippen molar-refractivity contribution in [1.82, 2.24) is 0 Å². The predicted molar refractivity (Wildman–Crippen MR) is 63.9 cm³/mol. The quantitative estimate of drug-likeness (QED) is 0.762. The number of nitrogens with zero attached hydrogens (tertiary/aromatic N) is 1. The first kappa shape index (κ1) is 13.6. The van der Waals surface area contributed by atoms with Crippen LogP contribution >= 0.6 is 0 Å². The monoisotopic (exact) mass is 237 g/mol. The van der Waals surface area contributed by atoms with Crippen molar-refractivity contribution in [2.75, 3.05) is 0 Å². The fourth-order valence-corrected chi connectivity index (χ4v) is 1.65. The molecule has 0 saturated carbocycles. The van der Waals surface area contributed by atoms with E-state index in [2.05, 4.69) is 6.07 Å². The molecule has 0 aliphatic carbocycles. The number of alkyl halides is 2. The molecule has 0 saturated heterocycles. The van der Waals surface area contributed by atoms with E-state index >= 15 is 0 Å². The van der Waals surface area contributed by atoms with Crippen LogP contribution in [0, 0.1) is 11.3 Å². The second kappa shape index (κ2) is 4.83. The van der Waals surface area contributed by atoms with Crippen LogP contribution in [0.15, 0.2) is 24.3 Å². The van der Waals surface area contributed by atoms with Gasteiger partial charge in [-0.15, -0.1) is 0 Å². The summed E-state index contributed by atoms with van der Waals surface area (Å²) in [6.45, 7) is 5.28. The summed E-state index contributed by atoms with van der Waals surface area (Å²) in [4.78, 5) is 0. The summed E-state index contributed by atoms with van der Waals surface area (Å²) in [5.41, 5.74) is 0.145. The third kappa shape index (κ3) is 3.03. The molecule has 0 heterocycles. The molecule has 0 aromatic heterocycles. The van der Waals surface area contributed by atoms with E-state index in [1.54, 1.807) is 32.9 Å². The Morgan fingerprint density at radius 3 is 2.00 bits per heavy atom. The molecule has 0 amide bonds. The maximum Gasteiger partial charge on any atom is 0.273 e. The van der Waals surface area contributed by atoms with Crippen LogP contribution in [0.3, 0.4) is 0 Å². The Morgan fingerprint density at radius 1 is 1.12 bits per heavy atom. The largest absolute Gasteiger partial charge is 0.273 e. The normalized spacial score (nSPS) is 12.2. The average Bonchev–Trinajstić information content (AvgIpc) is 2.29. The molecule has 3 heteroatoms. The summed E-state index contributed by atoms with van der Waals surface area (Å²) in [7, 11) is 0. The molecule has 0 unspecified atom stereocenters. The second-order valence-corrected chi connectivity index (χ2v) is 4.77. The zero-order chi connectivity index (χ0) is 13.1. The van der Waals surface area contributed by atoms with Gasteiger partial charge in [-0.05, 0) is 19.4 Å². The molecule has 0 bridgehead atoms. The van der Waals surface area contributed by atoms with E-state index in [-0.39, 0.29) is 12.0 Å². The van der Waals surface area contributed by atoms with E-state index in [9.17, 15) is 8.78 Å². The lowest BCUT2D eigenvalue weighted by Crippen LogP contribution is -2.16. The molecule has 1 aromatic rings. The number of hydrogen-bond donors (Lipinski definition) is 0. The van der Waals surface area contributed by atoms with Crippen LogP contribution in [-0.4, -0.2) is 0 Å². The fraction of sp³-hybridized carbons (Fsp3) is 0.500. The Hall–Kier alpha value is -1.43. The van der Waals surface area contributed by atoms with Crippen LogP contribution < -0.4 is 0 Å². The van der Waals surface area contributed by atoms with Gasteiger partial charge in [0.2, 0.25) is 0 Å². The molecule has 1 rings (SSSR count). The Bertz CT molecular complexity index is 413. The second-order valence-electron chi connectivity index (χ2n) is 4.77. The van der Waals surface area contributed by atoms with Crippen molar-refractivity contribution in [2.24, 2.45) is 0 Å². The van der Waals surface area contributed by atoms with Crippen molar-refractivity contribution in [3.05, 3.63) is 35.4 Å². The van der Waals surface area contributed by atoms with Gasteiger partial charge in [-0.3, -0.25) is 0 Å². The first-order valence-electron chi connectivity index (χ1n) is 5.73. The Balaban J connectivity index is 3.01. The molecule has 92 valence electrons. The maximum absolute atomic E-state index is 13.6. The van der Waals surface area contributed by atoms with Gasteiger partial charge in [0.15, 0.2) is 0 Å². The number of halogens is 2. The summed E-state index contributed by atoms with van der Waals surface area (Å²) >= 11 is 0. The van der Waals surface area contributed by atoms with Crippen molar-refractivity contribution in [2.45, 2.75) is 45.0 Å².